The highest BCUT2D eigenvalue weighted by Crippen LogP contribution is 2.25. The molecule has 4 aromatic rings. The van der Waals surface area contributed by atoms with Crippen molar-refractivity contribution < 1.29 is 4.42 Å². The van der Waals surface area contributed by atoms with E-state index in [2.05, 4.69) is 4.98 Å². The Bertz CT molecular complexity index is 986. The fourth-order valence-electron chi connectivity index (χ4n) is 2.34. The monoisotopic (exact) mass is 247 g/mol. The topological polar surface area (TPSA) is 43.1 Å². The average molecular weight is 247 g/mol. The molecular formula is C16H9NO2. The van der Waals surface area contributed by atoms with Crippen molar-refractivity contribution >= 4 is 33.0 Å². The lowest BCUT2D eigenvalue weighted by molar-refractivity contribution is 0.657. The molecule has 0 spiro atoms. The summed E-state index contributed by atoms with van der Waals surface area (Å²) < 4.78 is 5.83. The van der Waals surface area contributed by atoms with Crippen LogP contribution < -0.4 is 5.43 Å². The standard InChI is InChI=1S/C16H9NO2/c18-11-7-5-10-6-8-15-16(12(10)9-11)17-13-3-1-2-4-14(13)19-15/h1-9H. The van der Waals surface area contributed by atoms with E-state index in [9.17, 15) is 4.79 Å². The zero-order chi connectivity index (χ0) is 12.8. The number of aromatic nitrogens is 1. The van der Waals surface area contributed by atoms with Crippen LogP contribution in [-0.4, -0.2) is 4.98 Å². The number of hydrogen-bond acceptors (Lipinski definition) is 3. The summed E-state index contributed by atoms with van der Waals surface area (Å²) in [6.07, 6.45) is 0. The van der Waals surface area contributed by atoms with Crippen LogP contribution in [0.2, 0.25) is 0 Å². The molecule has 0 N–H and O–H groups in total. The van der Waals surface area contributed by atoms with Crippen LogP contribution in [0.1, 0.15) is 0 Å². The van der Waals surface area contributed by atoms with Gasteiger partial charge in [0.05, 0.1) is 0 Å². The van der Waals surface area contributed by atoms with Gasteiger partial charge in [0.1, 0.15) is 11.0 Å². The zero-order valence-electron chi connectivity index (χ0n) is 9.96. The van der Waals surface area contributed by atoms with E-state index in [4.69, 9.17) is 4.42 Å². The Morgan fingerprint density at radius 1 is 0.895 bits per heavy atom. The molecule has 0 bridgehead atoms. The fourth-order valence-corrected chi connectivity index (χ4v) is 2.34. The summed E-state index contributed by atoms with van der Waals surface area (Å²) in [6.45, 7) is 0. The number of rotatable bonds is 0. The molecule has 0 amide bonds. The fraction of sp³-hybridized carbons (Fsp3) is 0. The first-order valence-electron chi connectivity index (χ1n) is 6.04. The summed E-state index contributed by atoms with van der Waals surface area (Å²) in [5.74, 6) is 0. The van der Waals surface area contributed by atoms with Crippen LogP contribution in [0.5, 0.6) is 0 Å². The predicted molar refractivity (Wildman–Crippen MR) is 75.3 cm³/mol. The first-order valence-corrected chi connectivity index (χ1v) is 6.04. The minimum atomic E-state index is -0.0186. The molecule has 1 heterocycles. The Balaban J connectivity index is 2.28. The van der Waals surface area contributed by atoms with Crippen LogP contribution in [0, 0.1) is 0 Å². The van der Waals surface area contributed by atoms with Crippen molar-refractivity contribution in [2.24, 2.45) is 0 Å². The lowest BCUT2D eigenvalue weighted by atomic mass is 10.1. The second-order valence-corrected chi connectivity index (χ2v) is 4.48. The van der Waals surface area contributed by atoms with Gasteiger partial charge in [-0.3, -0.25) is 4.79 Å². The SMILES string of the molecule is O=c1ccc2ccc3oc4ccccc4nc3c2c1. The van der Waals surface area contributed by atoms with E-state index >= 15 is 0 Å². The molecule has 90 valence electrons. The number of hydrogen-bond donors (Lipinski definition) is 0. The third-order valence-corrected chi connectivity index (χ3v) is 3.24. The van der Waals surface area contributed by atoms with Gasteiger partial charge in [-0.15, -0.1) is 0 Å². The highest BCUT2D eigenvalue weighted by molar-refractivity contribution is 6.04. The van der Waals surface area contributed by atoms with E-state index in [1.165, 1.54) is 0 Å². The van der Waals surface area contributed by atoms with Crippen molar-refractivity contribution in [1.29, 1.82) is 0 Å². The van der Waals surface area contributed by atoms with Gasteiger partial charge in [-0.05, 0) is 35.7 Å². The quantitative estimate of drug-likeness (QED) is 0.353. The van der Waals surface area contributed by atoms with Crippen LogP contribution in [0.3, 0.4) is 0 Å². The minimum Gasteiger partial charge on any atom is -0.453 e. The molecule has 0 radical (unpaired) electrons. The molecule has 0 saturated heterocycles. The average Bonchev–Trinajstić information content (AvgIpc) is 2.45. The smallest absolute Gasteiger partial charge is 0.179 e. The van der Waals surface area contributed by atoms with Crippen molar-refractivity contribution in [3.8, 4) is 0 Å². The van der Waals surface area contributed by atoms with Crippen molar-refractivity contribution in [2.75, 3.05) is 0 Å². The third-order valence-electron chi connectivity index (χ3n) is 3.24. The number of fused-ring (bicyclic) bond motifs is 4. The number of benzene rings is 3. The van der Waals surface area contributed by atoms with Gasteiger partial charge >= 0.3 is 0 Å². The van der Waals surface area contributed by atoms with Crippen molar-refractivity contribution in [1.82, 2.24) is 4.98 Å². The second-order valence-electron chi connectivity index (χ2n) is 4.48. The molecule has 4 rings (SSSR count). The third kappa shape index (κ3) is 1.52. The van der Waals surface area contributed by atoms with Gasteiger partial charge in [0.2, 0.25) is 0 Å². The molecule has 19 heavy (non-hydrogen) atoms. The van der Waals surface area contributed by atoms with Crippen LogP contribution >= 0.6 is 0 Å². The lowest BCUT2D eigenvalue weighted by Gasteiger charge is -2.04. The molecule has 0 aliphatic rings. The summed E-state index contributed by atoms with van der Waals surface area (Å²) in [5.41, 5.74) is 2.94. The van der Waals surface area contributed by atoms with Gasteiger partial charge < -0.3 is 4.42 Å². The Morgan fingerprint density at radius 3 is 2.68 bits per heavy atom. The van der Waals surface area contributed by atoms with E-state index in [0.717, 1.165) is 27.4 Å². The summed E-state index contributed by atoms with van der Waals surface area (Å²) in [4.78, 5) is 16.1. The Labute approximate surface area is 108 Å². The largest absolute Gasteiger partial charge is 0.453 e. The second kappa shape index (κ2) is 3.65. The van der Waals surface area contributed by atoms with E-state index in [0.29, 0.717) is 5.58 Å². The van der Waals surface area contributed by atoms with Gasteiger partial charge in [0.15, 0.2) is 16.6 Å². The molecule has 3 aromatic carbocycles. The molecule has 0 aliphatic heterocycles. The maximum Gasteiger partial charge on any atom is 0.179 e. The molecule has 0 saturated carbocycles. The Morgan fingerprint density at radius 2 is 1.74 bits per heavy atom. The maximum atomic E-state index is 11.5. The summed E-state index contributed by atoms with van der Waals surface area (Å²) >= 11 is 0. The molecule has 0 atom stereocenters. The summed E-state index contributed by atoms with van der Waals surface area (Å²) in [7, 11) is 0. The summed E-state index contributed by atoms with van der Waals surface area (Å²) in [5, 5.41) is 1.82. The first-order chi connectivity index (χ1) is 9.31. The molecule has 1 aromatic heterocycles. The first kappa shape index (κ1) is 10.3. The van der Waals surface area contributed by atoms with E-state index in [-0.39, 0.29) is 5.43 Å². The van der Waals surface area contributed by atoms with E-state index < -0.39 is 0 Å². The molecule has 0 unspecified atom stereocenters. The van der Waals surface area contributed by atoms with Gasteiger partial charge in [-0.25, -0.2) is 4.98 Å². The van der Waals surface area contributed by atoms with E-state index in [1.54, 1.807) is 12.1 Å². The van der Waals surface area contributed by atoms with Gasteiger partial charge in [-0.1, -0.05) is 24.3 Å². The molecular weight excluding hydrogens is 238 g/mol. The van der Waals surface area contributed by atoms with Crippen LogP contribution in [0.25, 0.3) is 33.0 Å². The van der Waals surface area contributed by atoms with Crippen LogP contribution in [0.15, 0.2) is 63.8 Å². The van der Waals surface area contributed by atoms with Gasteiger partial charge in [-0.2, -0.15) is 0 Å². The Hall–Kier alpha value is -2.68. The Kier molecular flexibility index (Phi) is 1.97. The molecule has 0 aliphatic carbocycles. The normalized spacial score (nSPS) is 11.4. The van der Waals surface area contributed by atoms with Gasteiger partial charge in [0.25, 0.3) is 0 Å². The van der Waals surface area contributed by atoms with E-state index in [1.807, 2.05) is 42.5 Å². The van der Waals surface area contributed by atoms with Crippen molar-refractivity contribution in [3.63, 3.8) is 0 Å². The molecule has 3 nitrogen and oxygen atoms in total. The highest BCUT2D eigenvalue weighted by Gasteiger charge is 2.06. The zero-order valence-corrected chi connectivity index (χ0v) is 9.96. The van der Waals surface area contributed by atoms with Crippen molar-refractivity contribution in [3.05, 3.63) is 64.8 Å². The molecule has 0 fully saturated rings. The maximum absolute atomic E-state index is 11.5. The van der Waals surface area contributed by atoms with Gasteiger partial charge in [0, 0.05) is 5.39 Å². The predicted octanol–water partition coefficient (Wildman–Crippen LogP) is 3.49. The van der Waals surface area contributed by atoms with Crippen LogP contribution in [0.4, 0.5) is 0 Å². The lowest BCUT2D eigenvalue weighted by Crippen LogP contribution is -1.95. The van der Waals surface area contributed by atoms with Crippen LogP contribution in [-0.2, 0) is 0 Å². The highest BCUT2D eigenvalue weighted by atomic mass is 16.3. The molecule has 3 heteroatoms. The van der Waals surface area contributed by atoms with Crippen molar-refractivity contribution in [2.45, 2.75) is 0 Å². The number of nitrogens with zero attached hydrogens (tertiary/aromatic N) is 1. The minimum absolute atomic E-state index is 0.0186. The summed E-state index contributed by atoms with van der Waals surface area (Å²) in [6, 6.07) is 16.4. The number of para-hydroxylation sites is 2.